The van der Waals surface area contributed by atoms with Crippen LogP contribution in [-0.4, -0.2) is 43.1 Å². The van der Waals surface area contributed by atoms with Crippen molar-refractivity contribution in [3.63, 3.8) is 0 Å². The fourth-order valence-electron chi connectivity index (χ4n) is 2.95. The normalized spacial score (nSPS) is 16.7. The highest BCUT2D eigenvalue weighted by atomic mass is 32.2. The molecule has 0 saturated carbocycles. The van der Waals surface area contributed by atoms with Crippen LogP contribution in [-0.2, 0) is 21.2 Å². The summed E-state index contributed by atoms with van der Waals surface area (Å²) in [4.78, 5) is 14.8. The van der Waals surface area contributed by atoms with Gasteiger partial charge in [0, 0.05) is 25.5 Å². The molecule has 0 bridgehead atoms. The number of aromatic nitrogens is 1. The van der Waals surface area contributed by atoms with Crippen LogP contribution in [0.25, 0.3) is 5.57 Å². The fourth-order valence-corrected chi connectivity index (χ4v) is 4.30. The van der Waals surface area contributed by atoms with E-state index in [2.05, 4.69) is 4.98 Å². The van der Waals surface area contributed by atoms with Gasteiger partial charge in [0.05, 0.1) is 6.04 Å². The summed E-state index contributed by atoms with van der Waals surface area (Å²) in [7, 11) is -3.51. The molecule has 1 aliphatic heterocycles. The third-order valence-corrected chi connectivity index (χ3v) is 6.26. The molecule has 6 nitrogen and oxygen atoms in total. The van der Waals surface area contributed by atoms with Crippen molar-refractivity contribution in [3.8, 4) is 0 Å². The average Bonchev–Trinajstić information content (AvgIpc) is 2.69. The van der Waals surface area contributed by atoms with Gasteiger partial charge in [0.1, 0.15) is 11.2 Å². The first-order valence-corrected chi connectivity index (χ1v) is 9.84. The van der Waals surface area contributed by atoms with Gasteiger partial charge >= 0.3 is 0 Å². The molecule has 0 fully saturated rings. The molecular weight excluding hydrogens is 350 g/mol. The summed E-state index contributed by atoms with van der Waals surface area (Å²) in [6, 6.07) is 10.6. The summed E-state index contributed by atoms with van der Waals surface area (Å²) in [6.07, 6.45) is 6.78. The Kier molecular flexibility index (Phi) is 5.61. The second-order valence-corrected chi connectivity index (χ2v) is 8.17. The van der Waals surface area contributed by atoms with Gasteiger partial charge in [-0.15, -0.1) is 0 Å². The van der Waals surface area contributed by atoms with Crippen molar-refractivity contribution in [3.05, 3.63) is 66.0 Å². The van der Waals surface area contributed by atoms with E-state index in [9.17, 15) is 13.2 Å². The van der Waals surface area contributed by atoms with Gasteiger partial charge in [-0.3, -0.25) is 4.98 Å². The van der Waals surface area contributed by atoms with Crippen molar-refractivity contribution in [2.75, 3.05) is 13.1 Å². The molecule has 136 valence electrons. The molecule has 26 heavy (non-hydrogen) atoms. The van der Waals surface area contributed by atoms with Gasteiger partial charge in [-0.05, 0) is 41.7 Å². The summed E-state index contributed by atoms with van der Waals surface area (Å²) in [5, 5.41) is 0. The van der Waals surface area contributed by atoms with E-state index in [1.165, 1.54) is 10.5 Å². The zero-order chi connectivity index (χ0) is 18.6. The van der Waals surface area contributed by atoms with Crippen molar-refractivity contribution in [1.82, 2.24) is 9.29 Å². The number of hydrogen-bond donors (Lipinski definition) is 1. The number of aldehydes is 1. The minimum atomic E-state index is -3.51. The smallest absolute Gasteiger partial charge is 0.244 e. The zero-order valence-corrected chi connectivity index (χ0v) is 15.1. The maximum atomic E-state index is 12.6. The van der Waals surface area contributed by atoms with Crippen LogP contribution < -0.4 is 5.73 Å². The lowest BCUT2D eigenvalue weighted by Gasteiger charge is -2.26. The van der Waals surface area contributed by atoms with Crippen molar-refractivity contribution >= 4 is 21.9 Å². The maximum absolute atomic E-state index is 12.6. The molecule has 1 atom stereocenters. The monoisotopic (exact) mass is 371 g/mol. The van der Waals surface area contributed by atoms with E-state index >= 15 is 0 Å². The molecule has 3 rings (SSSR count). The van der Waals surface area contributed by atoms with Gasteiger partial charge in [-0.25, -0.2) is 8.42 Å². The van der Waals surface area contributed by atoms with Crippen LogP contribution in [0.2, 0.25) is 0 Å². The Morgan fingerprint density at radius 2 is 2.00 bits per heavy atom. The van der Waals surface area contributed by atoms with Gasteiger partial charge in [-0.2, -0.15) is 4.31 Å². The molecule has 0 spiro atoms. The quantitative estimate of drug-likeness (QED) is 0.779. The Labute approximate surface area is 153 Å². The number of carbonyl (C=O) groups excluding carboxylic acids is 1. The third kappa shape index (κ3) is 4.07. The lowest BCUT2D eigenvalue weighted by molar-refractivity contribution is -0.108. The standard InChI is InChI=1S/C19H21N3O3S/c20-18(14-23)12-15-3-5-16(6-4-15)17-7-10-22(11-8-17)26(24,25)19-2-1-9-21-13-19/h1-7,9,13-14,18H,8,10-12,20H2/t18-/m0/s1. The van der Waals surface area contributed by atoms with Crippen LogP contribution in [0, 0.1) is 0 Å². The van der Waals surface area contributed by atoms with Crippen LogP contribution in [0.15, 0.2) is 59.8 Å². The van der Waals surface area contributed by atoms with E-state index in [1.54, 1.807) is 18.3 Å². The lowest BCUT2D eigenvalue weighted by Crippen LogP contribution is -2.34. The fraction of sp³-hybridized carbons (Fsp3) is 0.263. The first kappa shape index (κ1) is 18.4. The van der Waals surface area contributed by atoms with Crippen LogP contribution in [0.4, 0.5) is 0 Å². The Balaban J connectivity index is 1.71. The Bertz CT molecular complexity index is 893. The number of sulfonamides is 1. The van der Waals surface area contributed by atoms with Crippen molar-refractivity contribution in [2.24, 2.45) is 5.73 Å². The molecule has 0 unspecified atom stereocenters. The van der Waals surface area contributed by atoms with Crippen molar-refractivity contribution < 1.29 is 13.2 Å². The number of carbonyl (C=O) groups is 1. The largest absolute Gasteiger partial charge is 0.321 e. The molecule has 0 radical (unpaired) electrons. The molecule has 2 heterocycles. The lowest BCUT2D eigenvalue weighted by atomic mass is 9.98. The van der Waals surface area contributed by atoms with Crippen LogP contribution in [0.5, 0.6) is 0 Å². The second kappa shape index (κ2) is 7.90. The van der Waals surface area contributed by atoms with Crippen molar-refractivity contribution in [1.29, 1.82) is 0 Å². The van der Waals surface area contributed by atoms with Crippen molar-refractivity contribution in [2.45, 2.75) is 23.8 Å². The molecular formula is C19H21N3O3S. The average molecular weight is 371 g/mol. The van der Waals surface area contributed by atoms with Gasteiger partial charge in [0.25, 0.3) is 0 Å². The van der Waals surface area contributed by atoms with Crippen LogP contribution >= 0.6 is 0 Å². The number of nitrogens with zero attached hydrogens (tertiary/aromatic N) is 2. The summed E-state index contributed by atoms with van der Waals surface area (Å²) < 4.78 is 26.7. The van der Waals surface area contributed by atoms with E-state index in [-0.39, 0.29) is 4.90 Å². The predicted octanol–water partition coefficient (Wildman–Crippen LogP) is 1.63. The predicted molar refractivity (Wildman–Crippen MR) is 99.8 cm³/mol. The van der Waals surface area contributed by atoms with E-state index in [1.807, 2.05) is 30.3 Å². The molecule has 2 aromatic rings. The van der Waals surface area contributed by atoms with E-state index in [0.29, 0.717) is 25.9 Å². The number of nitrogens with two attached hydrogens (primary N) is 1. The first-order chi connectivity index (χ1) is 12.5. The summed E-state index contributed by atoms with van der Waals surface area (Å²) >= 11 is 0. The third-order valence-electron chi connectivity index (χ3n) is 4.41. The van der Waals surface area contributed by atoms with Gasteiger partial charge in [0.2, 0.25) is 10.0 Å². The van der Waals surface area contributed by atoms with E-state index in [0.717, 1.165) is 23.0 Å². The second-order valence-electron chi connectivity index (χ2n) is 6.23. The number of benzene rings is 1. The number of rotatable bonds is 6. The summed E-state index contributed by atoms with van der Waals surface area (Å²) in [6.45, 7) is 0.769. The minimum Gasteiger partial charge on any atom is -0.321 e. The Morgan fingerprint density at radius 1 is 1.23 bits per heavy atom. The molecule has 2 N–H and O–H groups in total. The highest BCUT2D eigenvalue weighted by Gasteiger charge is 2.26. The topological polar surface area (TPSA) is 93.4 Å². The van der Waals surface area contributed by atoms with Crippen LogP contribution in [0.3, 0.4) is 0 Å². The molecule has 1 aromatic carbocycles. The highest BCUT2D eigenvalue weighted by Crippen LogP contribution is 2.26. The summed E-state index contributed by atoms with van der Waals surface area (Å²) in [5.41, 5.74) is 8.83. The zero-order valence-electron chi connectivity index (χ0n) is 14.3. The van der Waals surface area contributed by atoms with Crippen LogP contribution in [0.1, 0.15) is 17.5 Å². The molecule has 1 aromatic heterocycles. The first-order valence-electron chi connectivity index (χ1n) is 8.40. The van der Waals surface area contributed by atoms with Gasteiger partial charge in [-0.1, -0.05) is 30.3 Å². The number of hydrogen-bond acceptors (Lipinski definition) is 5. The minimum absolute atomic E-state index is 0.215. The summed E-state index contributed by atoms with van der Waals surface area (Å²) in [5.74, 6) is 0. The Hall–Kier alpha value is -2.35. The van der Waals surface area contributed by atoms with Gasteiger partial charge < -0.3 is 10.5 Å². The maximum Gasteiger partial charge on any atom is 0.244 e. The molecule has 7 heteroatoms. The molecule has 0 amide bonds. The van der Waals surface area contributed by atoms with E-state index < -0.39 is 16.1 Å². The van der Waals surface area contributed by atoms with Gasteiger partial charge in [0.15, 0.2) is 0 Å². The molecule has 0 saturated heterocycles. The highest BCUT2D eigenvalue weighted by molar-refractivity contribution is 7.89. The Morgan fingerprint density at radius 3 is 2.58 bits per heavy atom. The number of pyridine rings is 1. The molecule has 1 aliphatic rings. The molecule has 0 aliphatic carbocycles. The van der Waals surface area contributed by atoms with E-state index in [4.69, 9.17) is 5.73 Å². The SMILES string of the molecule is N[C@H](C=O)Cc1ccc(C2=CCN(S(=O)(=O)c3cccnc3)CC2)cc1.